The summed E-state index contributed by atoms with van der Waals surface area (Å²) in [7, 11) is 8.74. The molecule has 526 valence electrons. The van der Waals surface area contributed by atoms with Crippen LogP contribution in [0.25, 0.3) is 10.4 Å². The second kappa shape index (κ2) is 49.1. The molecule has 0 radical (unpaired) electrons. The molecule has 0 spiro atoms. The van der Waals surface area contributed by atoms with Crippen LogP contribution in [0.3, 0.4) is 0 Å². The summed E-state index contributed by atoms with van der Waals surface area (Å²) < 4.78 is 28.1. The van der Waals surface area contributed by atoms with Crippen molar-refractivity contribution in [3.8, 4) is 10.4 Å². The topological polar surface area (TPSA) is 105 Å². The van der Waals surface area contributed by atoms with Gasteiger partial charge in [-0.2, -0.15) is 0 Å². The molecule has 0 saturated carbocycles. The summed E-state index contributed by atoms with van der Waals surface area (Å²) in [5, 5.41) is 12.6. The number of carbonyl (C=O) groups is 4. The molecule has 0 unspecified atom stereocenters. The largest absolute Gasteiger partial charge is 0.0622 e. The van der Waals surface area contributed by atoms with Gasteiger partial charge in [-0.25, -0.2) is 19.2 Å². The van der Waals surface area contributed by atoms with Crippen molar-refractivity contribution in [2.75, 3.05) is 26.4 Å². The standard InChI is InChI=1S/2C18H15P.C16H15BrO4S.C12H12Br2O4.C4H3S.3C4H9.2ClH.Pd.Sn/c2*1-4-10-16(11-5-1)19(17-12-6-2-7-13-17)18-14-8-3-9-15-18;1-3-20-15(18)11-9-13(17)12(16(19)21-4-2)8-10(11)14-6-5-7-22-14;1-3-17-11(15)7-5-10(14)8(6-9(7)13)12(16)18-4-2;1-2-4-5-3-1;3*1-3-4-2;;;;/h2*1-15H;5-9H,3-4H2,1-2H3;5-6H,3-4H2,1-2H3;1-3H;3*1,3-4H2,2H3;2*1H;;/q;;;;;;;;;;+2;/p-2. The molecule has 2 aromatic heterocycles. The van der Waals surface area contributed by atoms with Crippen molar-refractivity contribution >= 4 is 182 Å². The fourth-order valence-electron chi connectivity index (χ4n) is 10.5. The van der Waals surface area contributed by atoms with Crippen LogP contribution in [-0.2, 0) is 34.9 Å². The molecule has 0 fully saturated rings. The van der Waals surface area contributed by atoms with E-state index in [1.54, 1.807) is 53.1 Å². The Morgan fingerprint density at radius 3 is 0.889 bits per heavy atom. The minimum Gasteiger partial charge on any atom is -0.0622 e. The van der Waals surface area contributed by atoms with E-state index in [0.717, 1.165) is 4.88 Å². The normalized spacial score (nSPS) is 10.6. The summed E-state index contributed by atoms with van der Waals surface area (Å²) in [5.41, 5.74) is 2.19. The molecule has 0 N–H and O–H groups in total. The maximum absolute atomic E-state index is 12.2. The van der Waals surface area contributed by atoms with Crippen LogP contribution in [0.2, 0.25) is 13.3 Å². The summed E-state index contributed by atoms with van der Waals surface area (Å²) in [6.45, 7) is 15.2. The summed E-state index contributed by atoms with van der Waals surface area (Å²) in [6.07, 6.45) is 8.55. The molecule has 10 rings (SSSR count). The van der Waals surface area contributed by atoms with Gasteiger partial charge in [0.15, 0.2) is 0 Å². The number of ether oxygens (including phenoxy) is 4. The zero-order valence-corrected chi connectivity index (χ0v) is 71.1. The molecule has 0 bridgehead atoms. The van der Waals surface area contributed by atoms with Gasteiger partial charge in [-0.15, -0.1) is 11.3 Å². The first-order valence-corrected chi connectivity index (χ1v) is 51.3. The minimum atomic E-state index is -2.01. The van der Waals surface area contributed by atoms with Crippen molar-refractivity contribution in [2.24, 2.45) is 0 Å². The molecule has 8 nitrogen and oxygen atoms in total. The van der Waals surface area contributed by atoms with Gasteiger partial charge in [0.2, 0.25) is 0 Å². The second-order valence-electron chi connectivity index (χ2n) is 21.8. The summed E-state index contributed by atoms with van der Waals surface area (Å²) in [5.74, 6) is -1.73. The summed E-state index contributed by atoms with van der Waals surface area (Å²) in [4.78, 5) is 48.4. The molecular weight excluding hydrogens is 1750 g/mol. The molecule has 8 aromatic carbocycles. The van der Waals surface area contributed by atoms with E-state index < -0.39 is 58.1 Å². The third kappa shape index (κ3) is 28.2. The molecule has 99 heavy (non-hydrogen) atoms. The Morgan fingerprint density at radius 1 is 0.374 bits per heavy atom. The molecule has 0 aliphatic carbocycles. The smallest absolute Gasteiger partial charge is 0.0134 e. The van der Waals surface area contributed by atoms with Gasteiger partial charge in [-0.1, -0.05) is 188 Å². The van der Waals surface area contributed by atoms with E-state index in [-0.39, 0.29) is 15.9 Å². The quantitative estimate of drug-likeness (QED) is 0.0241. The maximum Gasteiger partial charge on any atom is -0.0134 e. The maximum atomic E-state index is 12.2. The molecule has 0 atom stereocenters. The van der Waals surface area contributed by atoms with Gasteiger partial charge in [0.1, 0.15) is 0 Å². The van der Waals surface area contributed by atoms with E-state index in [1.807, 2.05) is 20.4 Å². The van der Waals surface area contributed by atoms with Crippen LogP contribution in [0.15, 0.2) is 255 Å². The van der Waals surface area contributed by atoms with Crippen molar-refractivity contribution in [3.05, 3.63) is 277 Å². The van der Waals surface area contributed by atoms with Crippen molar-refractivity contribution in [1.82, 2.24) is 0 Å². The van der Waals surface area contributed by atoms with Gasteiger partial charge < -0.3 is 18.9 Å². The van der Waals surface area contributed by atoms with E-state index >= 15 is 0 Å². The number of unbranched alkanes of at least 4 members (excludes halogenated alkanes) is 3. The number of hydrogen-bond acceptors (Lipinski definition) is 10. The van der Waals surface area contributed by atoms with Gasteiger partial charge >= 0.3 is 182 Å². The predicted molar refractivity (Wildman–Crippen MR) is 434 cm³/mol. The van der Waals surface area contributed by atoms with Crippen molar-refractivity contribution in [1.29, 1.82) is 0 Å². The molecule has 0 aliphatic heterocycles. The summed E-state index contributed by atoms with van der Waals surface area (Å²) >= 11 is 11.3. The van der Waals surface area contributed by atoms with E-state index in [1.165, 1.54) is 93.8 Å². The van der Waals surface area contributed by atoms with E-state index in [4.69, 9.17) is 38.0 Å². The molecule has 19 heteroatoms. The van der Waals surface area contributed by atoms with Gasteiger partial charge in [0.05, 0.1) is 48.7 Å². The molecule has 0 aliphatic rings. The predicted octanol–water partition coefficient (Wildman–Crippen LogP) is 22.2. The Morgan fingerprint density at radius 2 is 0.636 bits per heavy atom. The first kappa shape index (κ1) is 85.0. The number of benzene rings is 8. The third-order valence-corrected chi connectivity index (χ3v) is 42.1. The van der Waals surface area contributed by atoms with Crippen molar-refractivity contribution < 1.29 is 54.1 Å². The molecule has 0 saturated heterocycles. The zero-order valence-electron chi connectivity index (χ0n) is 57.0. The first-order valence-electron chi connectivity index (χ1n) is 33.0. The summed E-state index contributed by atoms with van der Waals surface area (Å²) in [6, 6.07) is 79.5. The van der Waals surface area contributed by atoms with E-state index in [2.05, 4.69) is 279 Å². The van der Waals surface area contributed by atoms with Crippen LogP contribution in [0.4, 0.5) is 0 Å². The Hall–Kier alpha value is -4.62. The first-order chi connectivity index (χ1) is 48.2. The number of esters is 4. The Labute approximate surface area is 643 Å². The Balaban J connectivity index is 0.000000221. The van der Waals surface area contributed by atoms with Crippen molar-refractivity contribution in [2.45, 2.75) is 100 Å². The molecule has 2 heterocycles. The SMILES string of the molecule is CCC[CH2][Sn]([CH2]CCC)([CH2]CCC)[c]1cccs1.CCOC(=O)c1cc(-c2cccs2)c(C(=O)OCC)cc1Br.CCOC(=O)c1cc(Br)c(C(=O)OCC)cc1Br.[Cl][Pd][Cl].c1ccc(P(c2ccccc2)c2ccccc2)cc1.c1ccc(P(c2ccccc2)c2ccccc2)cc1. The molecular formula is C80H87Br3Cl2O8P2PdS2Sn. The fourth-order valence-corrected chi connectivity index (χ4v) is 37.2. The molecule has 0 amide bonds. The number of rotatable bonds is 25. The fraction of sp³-hybridized carbons (Fsp3) is 0.250. The van der Waals surface area contributed by atoms with E-state index in [0.29, 0.717) is 67.7 Å². The van der Waals surface area contributed by atoms with Crippen LogP contribution in [0, 0.1) is 0 Å². The Bertz CT molecular complexity index is 3530. The molecule has 10 aromatic rings. The number of hydrogen-bond donors (Lipinski definition) is 0. The number of thiophene rings is 2. The van der Waals surface area contributed by atoms with Crippen LogP contribution in [-0.4, -0.2) is 68.7 Å². The van der Waals surface area contributed by atoms with Crippen LogP contribution < -0.4 is 34.7 Å². The van der Waals surface area contributed by atoms with Crippen LogP contribution in [0.1, 0.15) is 128 Å². The third-order valence-electron chi connectivity index (χ3n) is 15.1. The van der Waals surface area contributed by atoms with Gasteiger partial charge in [0.25, 0.3) is 0 Å². The van der Waals surface area contributed by atoms with Crippen LogP contribution >= 0.6 is 105 Å². The monoisotopic (exact) mass is 1830 g/mol. The zero-order chi connectivity index (χ0) is 71.6. The second-order valence-corrected chi connectivity index (χ2v) is 47.3. The van der Waals surface area contributed by atoms with E-state index in [9.17, 15) is 19.2 Å². The Kier molecular flexibility index (Phi) is 42.2. The van der Waals surface area contributed by atoms with Gasteiger partial charge in [-0.05, 0) is 159 Å². The minimum absolute atomic E-state index is 0.106. The number of carbonyl (C=O) groups excluding carboxylic acids is 4. The average Bonchev–Trinajstić information content (AvgIpc) is 1.84. The number of halogens is 5. The van der Waals surface area contributed by atoms with Crippen LogP contribution in [0.5, 0.6) is 0 Å². The van der Waals surface area contributed by atoms with Crippen molar-refractivity contribution in [3.63, 3.8) is 0 Å². The van der Waals surface area contributed by atoms with Gasteiger partial charge in [-0.3, -0.25) is 0 Å². The van der Waals surface area contributed by atoms with Gasteiger partial charge in [0, 0.05) is 23.9 Å². The average molecular weight is 1840 g/mol.